The number of imidazole rings is 1. The van der Waals surface area contributed by atoms with Gasteiger partial charge in [-0.3, -0.25) is 4.79 Å². The van der Waals surface area contributed by atoms with Crippen molar-refractivity contribution in [3.8, 4) is 0 Å². The molecule has 0 radical (unpaired) electrons. The zero-order valence-corrected chi connectivity index (χ0v) is 16.3. The highest BCUT2D eigenvalue weighted by atomic mass is 35.5. The van der Waals surface area contributed by atoms with E-state index in [2.05, 4.69) is 9.88 Å². The van der Waals surface area contributed by atoms with E-state index in [-0.39, 0.29) is 11.8 Å². The summed E-state index contributed by atoms with van der Waals surface area (Å²) in [4.78, 5) is 16.5. The molecule has 0 bridgehead atoms. The molecule has 3 aromatic rings. The highest BCUT2D eigenvalue weighted by molar-refractivity contribution is 6.36. The zero-order chi connectivity index (χ0) is 18.7. The largest absolute Gasteiger partial charge is 0.355 e. The maximum atomic E-state index is 11.8. The van der Waals surface area contributed by atoms with Gasteiger partial charge in [-0.05, 0) is 24.3 Å². The van der Waals surface area contributed by atoms with Crippen LogP contribution in [0.3, 0.4) is 0 Å². The van der Waals surface area contributed by atoms with Crippen molar-refractivity contribution in [2.24, 2.45) is 5.92 Å². The Morgan fingerprint density at radius 2 is 1.81 bits per heavy atom. The molecule has 0 fully saturated rings. The van der Waals surface area contributed by atoms with Crippen molar-refractivity contribution >= 4 is 40.1 Å². The van der Waals surface area contributed by atoms with Gasteiger partial charge in [0.05, 0.1) is 17.6 Å². The molecule has 6 heteroatoms. The van der Waals surface area contributed by atoms with Gasteiger partial charge in [0.15, 0.2) is 0 Å². The molecule has 0 atom stereocenters. The van der Waals surface area contributed by atoms with Crippen LogP contribution in [0.25, 0.3) is 11.0 Å². The molecule has 0 aliphatic heterocycles. The lowest BCUT2D eigenvalue weighted by atomic mass is 10.2. The summed E-state index contributed by atoms with van der Waals surface area (Å²) >= 11 is 12.7. The van der Waals surface area contributed by atoms with Crippen LogP contribution in [0.4, 0.5) is 0 Å². The summed E-state index contributed by atoms with van der Waals surface area (Å²) in [7, 11) is 0. The van der Waals surface area contributed by atoms with Gasteiger partial charge in [0.25, 0.3) is 0 Å². The van der Waals surface area contributed by atoms with Gasteiger partial charge in [-0.2, -0.15) is 0 Å². The fourth-order valence-corrected chi connectivity index (χ4v) is 3.35. The number of benzene rings is 2. The first-order chi connectivity index (χ1) is 12.5. The van der Waals surface area contributed by atoms with Gasteiger partial charge < -0.3 is 9.88 Å². The second-order valence-corrected chi connectivity index (χ2v) is 7.31. The van der Waals surface area contributed by atoms with Gasteiger partial charge >= 0.3 is 0 Å². The molecular formula is C20H21Cl2N3O. The SMILES string of the molecule is CC(C)C(=O)NCCc1nc2ccccc2n1Cc1c(Cl)cccc1Cl. The molecule has 26 heavy (non-hydrogen) atoms. The van der Waals surface area contributed by atoms with E-state index < -0.39 is 0 Å². The van der Waals surface area contributed by atoms with Crippen LogP contribution in [-0.4, -0.2) is 22.0 Å². The number of hydrogen-bond acceptors (Lipinski definition) is 2. The minimum absolute atomic E-state index is 0.0317. The molecule has 0 aliphatic rings. The molecule has 1 heterocycles. The standard InChI is InChI=1S/C20H21Cl2N3O/c1-13(2)20(26)23-11-10-19-24-17-8-3-4-9-18(17)25(19)12-14-15(21)6-5-7-16(14)22/h3-9,13H,10-12H2,1-2H3,(H,23,26). The maximum Gasteiger partial charge on any atom is 0.222 e. The summed E-state index contributed by atoms with van der Waals surface area (Å²) < 4.78 is 2.12. The van der Waals surface area contributed by atoms with Crippen LogP contribution in [0.1, 0.15) is 25.2 Å². The molecule has 0 aliphatic carbocycles. The quantitative estimate of drug-likeness (QED) is 0.663. The average Bonchev–Trinajstić information content (AvgIpc) is 2.95. The van der Waals surface area contributed by atoms with Crippen LogP contribution in [-0.2, 0) is 17.8 Å². The van der Waals surface area contributed by atoms with Gasteiger partial charge in [0.1, 0.15) is 5.82 Å². The summed E-state index contributed by atoms with van der Waals surface area (Å²) in [5.74, 6) is 0.906. The highest BCUT2D eigenvalue weighted by Crippen LogP contribution is 2.27. The molecule has 0 saturated carbocycles. The van der Waals surface area contributed by atoms with E-state index in [1.165, 1.54) is 0 Å². The fourth-order valence-electron chi connectivity index (χ4n) is 2.84. The third kappa shape index (κ3) is 4.02. The number of carbonyl (C=O) groups is 1. The summed E-state index contributed by atoms with van der Waals surface area (Å²) in [6.07, 6.45) is 0.634. The molecule has 2 aromatic carbocycles. The van der Waals surface area contributed by atoms with Crippen LogP contribution in [0.15, 0.2) is 42.5 Å². The molecule has 136 valence electrons. The molecule has 1 amide bonds. The maximum absolute atomic E-state index is 11.8. The summed E-state index contributed by atoms with van der Waals surface area (Å²) in [6, 6.07) is 13.5. The Morgan fingerprint density at radius 1 is 1.12 bits per heavy atom. The van der Waals surface area contributed by atoms with Crippen molar-refractivity contribution in [3.63, 3.8) is 0 Å². The van der Waals surface area contributed by atoms with Crippen molar-refractivity contribution in [2.75, 3.05) is 6.54 Å². The summed E-state index contributed by atoms with van der Waals surface area (Å²) in [5, 5.41) is 4.21. The van der Waals surface area contributed by atoms with Crippen LogP contribution in [0.5, 0.6) is 0 Å². The molecule has 0 spiro atoms. The van der Waals surface area contributed by atoms with Crippen LogP contribution in [0, 0.1) is 5.92 Å². The Bertz CT molecular complexity index is 914. The Balaban J connectivity index is 1.91. The normalized spacial score (nSPS) is 11.3. The number of aromatic nitrogens is 2. The first-order valence-electron chi connectivity index (χ1n) is 8.62. The molecule has 1 N–H and O–H groups in total. The minimum atomic E-state index is -0.0317. The Labute approximate surface area is 163 Å². The van der Waals surface area contributed by atoms with E-state index in [4.69, 9.17) is 28.2 Å². The van der Waals surface area contributed by atoms with E-state index in [0.717, 1.165) is 22.4 Å². The van der Waals surface area contributed by atoms with Crippen LogP contribution >= 0.6 is 23.2 Å². The van der Waals surface area contributed by atoms with Crippen molar-refractivity contribution in [1.29, 1.82) is 0 Å². The van der Waals surface area contributed by atoms with Crippen LogP contribution < -0.4 is 5.32 Å². The lowest BCUT2D eigenvalue weighted by Gasteiger charge is -2.13. The number of rotatable bonds is 6. The third-order valence-electron chi connectivity index (χ3n) is 4.28. The highest BCUT2D eigenvalue weighted by Gasteiger charge is 2.14. The number of fused-ring (bicyclic) bond motifs is 1. The van der Waals surface area contributed by atoms with Crippen molar-refractivity contribution in [3.05, 3.63) is 63.9 Å². The first-order valence-corrected chi connectivity index (χ1v) is 9.37. The molecular weight excluding hydrogens is 369 g/mol. The number of nitrogens with one attached hydrogen (secondary N) is 1. The number of amides is 1. The van der Waals surface area contributed by atoms with E-state index in [1.807, 2.05) is 56.3 Å². The second-order valence-electron chi connectivity index (χ2n) is 6.50. The average molecular weight is 390 g/mol. The zero-order valence-electron chi connectivity index (χ0n) is 14.8. The number of hydrogen-bond donors (Lipinski definition) is 1. The predicted molar refractivity (Wildman–Crippen MR) is 107 cm³/mol. The first kappa shape index (κ1) is 18.7. The third-order valence-corrected chi connectivity index (χ3v) is 4.99. The van der Waals surface area contributed by atoms with Gasteiger partial charge in [-0.1, -0.05) is 55.2 Å². The number of para-hydroxylation sites is 2. The molecule has 1 aromatic heterocycles. The Morgan fingerprint density at radius 3 is 2.50 bits per heavy atom. The fraction of sp³-hybridized carbons (Fsp3) is 0.300. The minimum Gasteiger partial charge on any atom is -0.355 e. The number of nitrogens with zero attached hydrogens (tertiary/aromatic N) is 2. The van der Waals surface area contributed by atoms with Gasteiger partial charge in [-0.25, -0.2) is 4.98 Å². The topological polar surface area (TPSA) is 46.9 Å². The molecule has 3 rings (SSSR count). The second kappa shape index (κ2) is 8.11. The molecule has 4 nitrogen and oxygen atoms in total. The smallest absolute Gasteiger partial charge is 0.222 e. The molecule has 0 unspecified atom stereocenters. The van der Waals surface area contributed by atoms with Gasteiger partial charge in [0.2, 0.25) is 5.91 Å². The predicted octanol–water partition coefficient (Wildman–Crippen LogP) is 4.71. The van der Waals surface area contributed by atoms with Crippen molar-refractivity contribution in [2.45, 2.75) is 26.8 Å². The van der Waals surface area contributed by atoms with E-state index >= 15 is 0 Å². The summed E-state index contributed by atoms with van der Waals surface area (Å²) in [6.45, 7) is 4.83. The van der Waals surface area contributed by atoms with E-state index in [1.54, 1.807) is 0 Å². The van der Waals surface area contributed by atoms with Crippen LogP contribution in [0.2, 0.25) is 10.0 Å². The Hall–Kier alpha value is -2.04. The lowest BCUT2D eigenvalue weighted by Crippen LogP contribution is -2.30. The Kier molecular flexibility index (Phi) is 5.84. The number of halogens is 2. The summed E-state index contributed by atoms with van der Waals surface area (Å²) in [5.41, 5.74) is 2.81. The van der Waals surface area contributed by atoms with Gasteiger partial charge in [-0.15, -0.1) is 0 Å². The van der Waals surface area contributed by atoms with Gasteiger partial charge in [0, 0.05) is 34.5 Å². The lowest BCUT2D eigenvalue weighted by molar-refractivity contribution is -0.123. The van der Waals surface area contributed by atoms with E-state index in [9.17, 15) is 4.79 Å². The monoisotopic (exact) mass is 389 g/mol. The van der Waals surface area contributed by atoms with Crippen molar-refractivity contribution in [1.82, 2.24) is 14.9 Å². The molecule has 0 saturated heterocycles. The van der Waals surface area contributed by atoms with Crippen molar-refractivity contribution < 1.29 is 4.79 Å². The van der Waals surface area contributed by atoms with E-state index in [0.29, 0.717) is 29.6 Å². The number of carbonyl (C=O) groups excluding carboxylic acids is 1.